The first-order valence-corrected chi connectivity index (χ1v) is 13.8. The summed E-state index contributed by atoms with van der Waals surface area (Å²) in [6.07, 6.45) is 4.40. The number of hydrogen-bond donors (Lipinski definition) is 1. The van der Waals surface area contributed by atoms with Gasteiger partial charge in [-0.25, -0.2) is 0 Å². The molecule has 1 aliphatic rings. The van der Waals surface area contributed by atoms with Crippen molar-refractivity contribution in [3.05, 3.63) is 59.2 Å². The Balaban J connectivity index is 1.65. The summed E-state index contributed by atoms with van der Waals surface area (Å²) in [7, 11) is -1.87. The Kier molecular flexibility index (Phi) is 6.11. The average Bonchev–Trinajstić information content (AvgIpc) is 2.62. The molecular formula is C26H35NO3Si. The minimum absolute atomic E-state index is 0.0397. The molecule has 0 aromatic heterocycles. The van der Waals surface area contributed by atoms with Crippen molar-refractivity contribution in [2.45, 2.75) is 71.7 Å². The minimum Gasteiger partial charge on any atom is -0.544 e. The van der Waals surface area contributed by atoms with E-state index in [0.29, 0.717) is 6.42 Å². The third-order valence-corrected chi connectivity index (χ3v) is 10.5. The van der Waals surface area contributed by atoms with Crippen molar-refractivity contribution < 1.29 is 14.0 Å². The number of nitrogens with one attached hydrogen (secondary N) is 1. The number of hydrogen-bond acceptors (Lipinski definition) is 3. The SMILES string of the molecule is Cc1cc2c(cc1NC(=O)Cc1ccc(O[Si](C)(C)C(C)(C)C)cc1)C=CC(C)(C)O2. The number of carbonyl (C=O) groups excluding carboxylic acids is 1. The summed E-state index contributed by atoms with van der Waals surface area (Å²) in [5.41, 5.74) is 3.42. The van der Waals surface area contributed by atoms with Crippen LogP contribution in [0, 0.1) is 6.92 Å². The van der Waals surface area contributed by atoms with Gasteiger partial charge in [-0.2, -0.15) is 0 Å². The van der Waals surface area contributed by atoms with E-state index in [9.17, 15) is 4.79 Å². The molecule has 0 fully saturated rings. The fourth-order valence-electron chi connectivity index (χ4n) is 3.16. The van der Waals surface area contributed by atoms with Crippen molar-refractivity contribution >= 4 is 26.0 Å². The summed E-state index contributed by atoms with van der Waals surface area (Å²) in [4.78, 5) is 12.7. The summed E-state index contributed by atoms with van der Waals surface area (Å²) in [5, 5.41) is 3.20. The van der Waals surface area contributed by atoms with Crippen LogP contribution in [0.1, 0.15) is 51.3 Å². The second-order valence-corrected chi connectivity index (χ2v) is 15.2. The number of anilines is 1. The van der Waals surface area contributed by atoms with Gasteiger partial charge in [0.25, 0.3) is 0 Å². The Bertz CT molecular complexity index is 999. The smallest absolute Gasteiger partial charge is 0.250 e. The molecule has 4 nitrogen and oxygen atoms in total. The van der Waals surface area contributed by atoms with Crippen LogP contribution in [0.25, 0.3) is 6.08 Å². The molecule has 0 saturated carbocycles. The lowest BCUT2D eigenvalue weighted by atomic mass is 10.00. The number of aryl methyl sites for hydroxylation is 1. The average molecular weight is 438 g/mol. The van der Waals surface area contributed by atoms with Gasteiger partial charge in [0.2, 0.25) is 14.2 Å². The molecule has 1 heterocycles. The van der Waals surface area contributed by atoms with E-state index in [1.54, 1.807) is 0 Å². The molecule has 1 amide bonds. The lowest BCUT2D eigenvalue weighted by molar-refractivity contribution is -0.115. The standard InChI is InChI=1S/C26H35NO3Si/c1-18-15-23-20(13-14-26(5,6)29-23)17-22(18)27-24(28)16-19-9-11-21(12-10-19)30-31(7,8)25(2,3)4/h9-15,17H,16H2,1-8H3,(H,27,28). The highest BCUT2D eigenvalue weighted by Crippen LogP contribution is 2.37. The van der Waals surface area contributed by atoms with Crippen LogP contribution in [0.3, 0.4) is 0 Å². The third kappa shape index (κ3) is 5.59. The van der Waals surface area contributed by atoms with Crippen LogP contribution in [-0.2, 0) is 11.2 Å². The molecule has 5 heteroatoms. The monoisotopic (exact) mass is 437 g/mol. The van der Waals surface area contributed by atoms with E-state index < -0.39 is 8.32 Å². The number of fused-ring (bicyclic) bond motifs is 1. The Morgan fingerprint density at radius 2 is 1.77 bits per heavy atom. The molecule has 0 spiro atoms. The van der Waals surface area contributed by atoms with Crippen LogP contribution < -0.4 is 14.5 Å². The van der Waals surface area contributed by atoms with E-state index in [0.717, 1.165) is 33.9 Å². The fourth-order valence-corrected chi connectivity index (χ4v) is 4.19. The van der Waals surface area contributed by atoms with Gasteiger partial charge in [0.05, 0.1) is 6.42 Å². The highest BCUT2D eigenvalue weighted by atomic mass is 28.4. The molecule has 0 aliphatic carbocycles. The summed E-state index contributed by atoms with van der Waals surface area (Å²) in [6.45, 7) is 17.2. The molecule has 0 saturated heterocycles. The highest BCUT2D eigenvalue weighted by molar-refractivity contribution is 6.74. The zero-order chi connectivity index (χ0) is 23.0. The van der Waals surface area contributed by atoms with E-state index in [2.05, 4.69) is 45.3 Å². The van der Waals surface area contributed by atoms with Gasteiger partial charge in [-0.1, -0.05) is 39.0 Å². The van der Waals surface area contributed by atoms with Gasteiger partial charge < -0.3 is 14.5 Å². The number of rotatable bonds is 5. The first-order chi connectivity index (χ1) is 14.3. The van der Waals surface area contributed by atoms with Gasteiger partial charge >= 0.3 is 0 Å². The minimum atomic E-state index is -1.87. The van der Waals surface area contributed by atoms with E-state index in [1.807, 2.05) is 63.2 Å². The Labute approximate surface area is 187 Å². The summed E-state index contributed by atoms with van der Waals surface area (Å²) in [5.74, 6) is 1.68. The molecule has 0 atom stereocenters. The van der Waals surface area contributed by atoms with Crippen LogP contribution in [-0.4, -0.2) is 19.8 Å². The number of amides is 1. The number of carbonyl (C=O) groups is 1. The quantitative estimate of drug-likeness (QED) is 0.527. The Morgan fingerprint density at radius 1 is 1.13 bits per heavy atom. The van der Waals surface area contributed by atoms with E-state index in [1.165, 1.54) is 0 Å². The summed E-state index contributed by atoms with van der Waals surface area (Å²) < 4.78 is 12.3. The van der Waals surface area contributed by atoms with Crippen LogP contribution in [0.2, 0.25) is 18.1 Å². The molecule has 0 radical (unpaired) electrons. The van der Waals surface area contributed by atoms with E-state index >= 15 is 0 Å². The largest absolute Gasteiger partial charge is 0.544 e. The molecule has 3 rings (SSSR count). The maximum absolute atomic E-state index is 12.7. The molecule has 0 bridgehead atoms. The molecule has 2 aromatic rings. The Morgan fingerprint density at radius 3 is 2.39 bits per heavy atom. The number of benzene rings is 2. The van der Waals surface area contributed by atoms with Crippen LogP contribution in [0.15, 0.2) is 42.5 Å². The van der Waals surface area contributed by atoms with E-state index in [-0.39, 0.29) is 16.5 Å². The van der Waals surface area contributed by atoms with Crippen LogP contribution in [0.4, 0.5) is 5.69 Å². The predicted octanol–water partition coefficient (Wildman–Crippen LogP) is 6.74. The second kappa shape index (κ2) is 8.19. The van der Waals surface area contributed by atoms with Crippen LogP contribution in [0.5, 0.6) is 11.5 Å². The number of ether oxygens (including phenoxy) is 1. The lowest BCUT2D eigenvalue weighted by Crippen LogP contribution is -2.43. The first kappa shape index (κ1) is 23.1. The second-order valence-electron chi connectivity index (χ2n) is 10.5. The molecule has 2 aromatic carbocycles. The topological polar surface area (TPSA) is 47.6 Å². The van der Waals surface area contributed by atoms with Crippen molar-refractivity contribution in [1.82, 2.24) is 0 Å². The van der Waals surface area contributed by atoms with E-state index in [4.69, 9.17) is 9.16 Å². The predicted molar refractivity (Wildman–Crippen MR) is 132 cm³/mol. The summed E-state index contributed by atoms with van der Waals surface area (Å²) in [6, 6.07) is 11.8. The van der Waals surface area contributed by atoms with Gasteiger partial charge in [0.15, 0.2) is 0 Å². The van der Waals surface area contributed by atoms with Gasteiger partial charge in [0.1, 0.15) is 17.1 Å². The summed E-state index contributed by atoms with van der Waals surface area (Å²) >= 11 is 0. The maximum Gasteiger partial charge on any atom is 0.250 e. The van der Waals surface area contributed by atoms with Crippen LogP contribution >= 0.6 is 0 Å². The molecule has 1 aliphatic heterocycles. The zero-order valence-corrected chi connectivity index (χ0v) is 21.1. The third-order valence-electron chi connectivity index (χ3n) is 6.14. The Hall–Kier alpha value is -2.53. The van der Waals surface area contributed by atoms with Crippen molar-refractivity contribution in [2.24, 2.45) is 0 Å². The lowest BCUT2D eigenvalue weighted by Gasteiger charge is -2.36. The van der Waals surface area contributed by atoms with Crippen molar-refractivity contribution in [1.29, 1.82) is 0 Å². The molecule has 1 N–H and O–H groups in total. The molecule has 0 unspecified atom stereocenters. The highest BCUT2D eigenvalue weighted by Gasteiger charge is 2.38. The fraction of sp³-hybridized carbons (Fsp3) is 0.423. The molecule has 166 valence electrons. The molecule has 31 heavy (non-hydrogen) atoms. The first-order valence-electron chi connectivity index (χ1n) is 10.9. The van der Waals surface area contributed by atoms with Gasteiger partial charge in [0, 0.05) is 11.3 Å². The maximum atomic E-state index is 12.7. The van der Waals surface area contributed by atoms with Crippen molar-refractivity contribution in [3.63, 3.8) is 0 Å². The van der Waals surface area contributed by atoms with Crippen molar-refractivity contribution in [3.8, 4) is 11.5 Å². The van der Waals surface area contributed by atoms with Gasteiger partial charge in [-0.3, -0.25) is 4.79 Å². The van der Waals surface area contributed by atoms with Gasteiger partial charge in [-0.15, -0.1) is 0 Å². The molecular weight excluding hydrogens is 402 g/mol. The van der Waals surface area contributed by atoms with Gasteiger partial charge in [-0.05, 0) is 80.4 Å². The zero-order valence-electron chi connectivity index (χ0n) is 20.1. The normalized spacial score (nSPS) is 15.1. The van der Waals surface area contributed by atoms with Crippen molar-refractivity contribution in [2.75, 3.05) is 5.32 Å².